The molecule has 0 spiro atoms. The molecular formula is C16H22BrNO3. The summed E-state index contributed by atoms with van der Waals surface area (Å²) in [6.07, 6.45) is 0.483. The summed E-state index contributed by atoms with van der Waals surface area (Å²) in [5.41, 5.74) is 1.94. The fourth-order valence-corrected chi connectivity index (χ4v) is 2.73. The summed E-state index contributed by atoms with van der Waals surface area (Å²) in [7, 11) is 1.74. The van der Waals surface area contributed by atoms with Gasteiger partial charge in [0.25, 0.3) is 0 Å². The number of rotatable bonds is 2. The lowest BCUT2D eigenvalue weighted by Gasteiger charge is -2.31. The molecule has 0 bridgehead atoms. The molecule has 0 N–H and O–H groups in total. The maximum atomic E-state index is 12.0. The minimum Gasteiger partial charge on any atom is -0.444 e. The Labute approximate surface area is 134 Å². The third-order valence-corrected chi connectivity index (χ3v) is 3.78. The van der Waals surface area contributed by atoms with E-state index in [1.54, 1.807) is 11.9 Å². The maximum absolute atomic E-state index is 12.0. The summed E-state index contributed by atoms with van der Waals surface area (Å²) in [5, 5.41) is 0. The molecule has 1 aliphatic rings. The van der Waals surface area contributed by atoms with Crippen molar-refractivity contribution in [2.45, 2.75) is 38.9 Å². The van der Waals surface area contributed by atoms with Gasteiger partial charge in [0.1, 0.15) is 11.7 Å². The van der Waals surface area contributed by atoms with Crippen LogP contribution in [0.1, 0.15) is 38.0 Å². The molecule has 116 valence electrons. The van der Waals surface area contributed by atoms with E-state index >= 15 is 0 Å². The molecule has 1 heterocycles. The first-order valence-electron chi connectivity index (χ1n) is 7.10. The normalized spacial score (nSPS) is 18.0. The van der Waals surface area contributed by atoms with E-state index in [2.05, 4.69) is 28.1 Å². The SMILES string of the molecule is CN(CC1OCCc2cc(Br)ccc21)C(=O)OC(C)(C)C. The van der Waals surface area contributed by atoms with Gasteiger partial charge in [0, 0.05) is 11.5 Å². The highest BCUT2D eigenvalue weighted by molar-refractivity contribution is 9.10. The third-order valence-electron chi connectivity index (χ3n) is 3.29. The van der Waals surface area contributed by atoms with Crippen molar-refractivity contribution in [2.75, 3.05) is 20.2 Å². The Hall–Kier alpha value is -1.07. The van der Waals surface area contributed by atoms with Crippen LogP contribution in [0.4, 0.5) is 4.79 Å². The van der Waals surface area contributed by atoms with Crippen LogP contribution in [0.2, 0.25) is 0 Å². The van der Waals surface area contributed by atoms with Crippen molar-refractivity contribution < 1.29 is 14.3 Å². The first-order valence-corrected chi connectivity index (χ1v) is 7.89. The molecule has 21 heavy (non-hydrogen) atoms. The first-order chi connectivity index (χ1) is 9.76. The zero-order valence-electron chi connectivity index (χ0n) is 13.0. The minimum atomic E-state index is -0.485. The van der Waals surface area contributed by atoms with E-state index in [4.69, 9.17) is 9.47 Å². The number of halogens is 1. The summed E-state index contributed by atoms with van der Waals surface area (Å²) in [6.45, 7) is 6.76. The molecule has 1 aliphatic heterocycles. The average molecular weight is 356 g/mol. The zero-order chi connectivity index (χ0) is 15.6. The highest BCUT2D eigenvalue weighted by Crippen LogP contribution is 2.30. The maximum Gasteiger partial charge on any atom is 0.410 e. The lowest BCUT2D eigenvalue weighted by molar-refractivity contribution is -0.00165. The Bertz CT molecular complexity index is 525. The van der Waals surface area contributed by atoms with Crippen molar-refractivity contribution in [3.8, 4) is 0 Å². The number of hydrogen-bond acceptors (Lipinski definition) is 3. The largest absolute Gasteiger partial charge is 0.444 e. The molecule has 0 aliphatic carbocycles. The Kier molecular flexibility index (Phi) is 4.94. The molecule has 1 aromatic carbocycles. The van der Waals surface area contributed by atoms with Crippen LogP contribution in [0.3, 0.4) is 0 Å². The second-order valence-corrected chi connectivity index (χ2v) is 7.23. The van der Waals surface area contributed by atoms with Gasteiger partial charge in [-0.25, -0.2) is 4.79 Å². The number of carbonyl (C=O) groups is 1. The summed E-state index contributed by atoms with van der Waals surface area (Å²) < 4.78 is 12.3. The van der Waals surface area contributed by atoms with E-state index in [0.29, 0.717) is 13.2 Å². The average Bonchev–Trinajstić information content (AvgIpc) is 2.36. The molecule has 1 aromatic rings. The molecule has 0 fully saturated rings. The van der Waals surface area contributed by atoms with Crippen LogP contribution >= 0.6 is 15.9 Å². The monoisotopic (exact) mass is 355 g/mol. The van der Waals surface area contributed by atoms with Crippen LogP contribution in [-0.2, 0) is 15.9 Å². The van der Waals surface area contributed by atoms with Gasteiger partial charge >= 0.3 is 6.09 Å². The van der Waals surface area contributed by atoms with Crippen LogP contribution in [0.5, 0.6) is 0 Å². The summed E-state index contributed by atoms with van der Waals surface area (Å²) in [6, 6.07) is 6.19. The van der Waals surface area contributed by atoms with E-state index in [1.807, 2.05) is 26.8 Å². The lowest BCUT2D eigenvalue weighted by atomic mass is 9.97. The molecule has 2 rings (SSSR count). The summed E-state index contributed by atoms with van der Waals surface area (Å²) in [5.74, 6) is 0. The second kappa shape index (κ2) is 6.36. The standard InChI is InChI=1S/C16H22BrNO3/c1-16(2,3)21-15(19)18(4)10-14-13-6-5-12(17)9-11(13)7-8-20-14/h5-6,9,14H,7-8,10H2,1-4H3. The fourth-order valence-electron chi connectivity index (χ4n) is 2.32. The number of carbonyl (C=O) groups excluding carboxylic acids is 1. The van der Waals surface area contributed by atoms with Crippen molar-refractivity contribution >= 4 is 22.0 Å². The first kappa shape index (κ1) is 16.3. The van der Waals surface area contributed by atoms with Gasteiger partial charge in [0.2, 0.25) is 0 Å². The molecule has 5 heteroatoms. The number of benzene rings is 1. The number of nitrogens with zero attached hydrogens (tertiary/aromatic N) is 1. The fraction of sp³-hybridized carbons (Fsp3) is 0.562. The Balaban J connectivity index is 2.06. The van der Waals surface area contributed by atoms with E-state index in [1.165, 1.54) is 5.56 Å². The number of amides is 1. The van der Waals surface area contributed by atoms with Gasteiger partial charge < -0.3 is 14.4 Å². The Morgan fingerprint density at radius 2 is 2.19 bits per heavy atom. The van der Waals surface area contributed by atoms with E-state index in [9.17, 15) is 4.79 Å². The highest BCUT2D eigenvalue weighted by Gasteiger charge is 2.26. The van der Waals surface area contributed by atoms with Crippen molar-refractivity contribution in [3.05, 3.63) is 33.8 Å². The topological polar surface area (TPSA) is 38.8 Å². The molecule has 1 unspecified atom stereocenters. The molecule has 1 atom stereocenters. The van der Waals surface area contributed by atoms with Gasteiger partial charge in [-0.05, 0) is 50.5 Å². The van der Waals surface area contributed by atoms with Gasteiger partial charge in [0.05, 0.1) is 13.2 Å². The van der Waals surface area contributed by atoms with Crippen molar-refractivity contribution in [3.63, 3.8) is 0 Å². The van der Waals surface area contributed by atoms with Crippen LogP contribution in [-0.4, -0.2) is 36.8 Å². The predicted molar refractivity (Wildman–Crippen MR) is 85.4 cm³/mol. The number of fused-ring (bicyclic) bond motifs is 1. The van der Waals surface area contributed by atoms with Crippen molar-refractivity contribution in [1.82, 2.24) is 4.90 Å². The molecule has 0 saturated carbocycles. The quantitative estimate of drug-likeness (QED) is 0.806. The second-order valence-electron chi connectivity index (χ2n) is 6.31. The molecular weight excluding hydrogens is 334 g/mol. The smallest absolute Gasteiger partial charge is 0.410 e. The van der Waals surface area contributed by atoms with E-state index in [-0.39, 0.29) is 12.2 Å². The van der Waals surface area contributed by atoms with Gasteiger partial charge in [-0.1, -0.05) is 22.0 Å². The molecule has 4 nitrogen and oxygen atoms in total. The number of ether oxygens (including phenoxy) is 2. The van der Waals surface area contributed by atoms with Crippen LogP contribution in [0.15, 0.2) is 22.7 Å². The van der Waals surface area contributed by atoms with Crippen LogP contribution in [0.25, 0.3) is 0 Å². The minimum absolute atomic E-state index is 0.0978. The van der Waals surface area contributed by atoms with E-state index in [0.717, 1.165) is 16.5 Å². The van der Waals surface area contributed by atoms with Crippen molar-refractivity contribution in [1.29, 1.82) is 0 Å². The Morgan fingerprint density at radius 3 is 2.86 bits per heavy atom. The molecule has 1 amide bonds. The molecule has 0 saturated heterocycles. The van der Waals surface area contributed by atoms with Crippen LogP contribution < -0.4 is 0 Å². The van der Waals surface area contributed by atoms with Crippen LogP contribution in [0, 0.1) is 0 Å². The summed E-state index contributed by atoms with van der Waals surface area (Å²) >= 11 is 3.49. The van der Waals surface area contributed by atoms with Gasteiger partial charge in [-0.3, -0.25) is 0 Å². The van der Waals surface area contributed by atoms with Gasteiger partial charge in [0.15, 0.2) is 0 Å². The van der Waals surface area contributed by atoms with Crippen molar-refractivity contribution in [2.24, 2.45) is 0 Å². The van der Waals surface area contributed by atoms with Gasteiger partial charge in [-0.15, -0.1) is 0 Å². The lowest BCUT2D eigenvalue weighted by Crippen LogP contribution is -2.37. The summed E-state index contributed by atoms with van der Waals surface area (Å²) in [4.78, 5) is 13.6. The van der Waals surface area contributed by atoms with Gasteiger partial charge in [-0.2, -0.15) is 0 Å². The number of hydrogen-bond donors (Lipinski definition) is 0. The predicted octanol–water partition coefficient (Wildman–Crippen LogP) is 3.93. The zero-order valence-corrected chi connectivity index (χ0v) is 14.6. The highest BCUT2D eigenvalue weighted by atomic mass is 79.9. The Morgan fingerprint density at radius 1 is 1.48 bits per heavy atom. The molecule has 0 radical (unpaired) electrons. The molecule has 0 aromatic heterocycles. The van der Waals surface area contributed by atoms with E-state index < -0.39 is 5.60 Å². The number of likely N-dealkylation sites (N-methyl/N-ethyl adjacent to an activating group) is 1. The third kappa shape index (κ3) is 4.45.